The Morgan fingerprint density at radius 2 is 2.21 bits per heavy atom. The molecule has 0 saturated carbocycles. The van der Waals surface area contributed by atoms with Crippen LogP contribution in [0.3, 0.4) is 0 Å². The Bertz CT molecular complexity index is 645. The highest BCUT2D eigenvalue weighted by Gasteiger charge is 2.16. The quantitative estimate of drug-likeness (QED) is 0.742. The lowest BCUT2D eigenvalue weighted by molar-refractivity contribution is 0.581. The largest absolute Gasteiger partial charge is 0.363 e. The molecule has 0 amide bonds. The summed E-state index contributed by atoms with van der Waals surface area (Å²) in [7, 11) is -1.69. The standard InChI is InChI=1S/C11H16N4O2S2/c1-8-4-14-11(18-8)7-15-19(16,17)10-3-9(5-12-2)13-6-10/h3-4,6,12-13,15H,5,7H2,1-2H3. The van der Waals surface area contributed by atoms with Gasteiger partial charge in [0.2, 0.25) is 10.0 Å². The highest BCUT2D eigenvalue weighted by Crippen LogP contribution is 2.14. The molecule has 0 aliphatic heterocycles. The number of rotatable bonds is 6. The molecule has 0 saturated heterocycles. The van der Waals surface area contributed by atoms with Crippen molar-refractivity contribution in [1.82, 2.24) is 20.0 Å². The second-order valence-electron chi connectivity index (χ2n) is 4.08. The second-order valence-corrected chi connectivity index (χ2v) is 7.17. The maximum absolute atomic E-state index is 12.1. The van der Waals surface area contributed by atoms with Crippen LogP contribution in [0.15, 0.2) is 23.4 Å². The number of aromatic nitrogens is 2. The molecular formula is C11H16N4O2S2. The molecule has 0 aliphatic carbocycles. The Hall–Kier alpha value is -1.22. The molecule has 6 nitrogen and oxygen atoms in total. The van der Waals surface area contributed by atoms with Gasteiger partial charge in [-0.3, -0.25) is 0 Å². The lowest BCUT2D eigenvalue weighted by atomic mass is 10.4. The molecule has 0 fully saturated rings. The number of aromatic amines is 1. The van der Waals surface area contributed by atoms with E-state index in [0.29, 0.717) is 6.54 Å². The summed E-state index contributed by atoms with van der Waals surface area (Å²) < 4.78 is 26.7. The van der Waals surface area contributed by atoms with E-state index in [4.69, 9.17) is 0 Å². The van der Waals surface area contributed by atoms with Gasteiger partial charge in [-0.25, -0.2) is 18.1 Å². The Labute approximate surface area is 116 Å². The van der Waals surface area contributed by atoms with Gasteiger partial charge in [-0.15, -0.1) is 11.3 Å². The number of aryl methyl sites for hydroxylation is 1. The van der Waals surface area contributed by atoms with Crippen LogP contribution in [0.1, 0.15) is 15.6 Å². The maximum Gasteiger partial charge on any atom is 0.242 e. The minimum Gasteiger partial charge on any atom is -0.363 e. The van der Waals surface area contributed by atoms with Crippen LogP contribution >= 0.6 is 11.3 Å². The number of thiazole rings is 1. The van der Waals surface area contributed by atoms with Crippen molar-refractivity contribution in [3.05, 3.63) is 34.0 Å². The molecule has 0 atom stereocenters. The van der Waals surface area contributed by atoms with Crippen LogP contribution < -0.4 is 10.0 Å². The van der Waals surface area contributed by atoms with Crippen molar-refractivity contribution in [2.75, 3.05) is 7.05 Å². The van der Waals surface area contributed by atoms with Gasteiger partial charge in [0, 0.05) is 29.5 Å². The first kappa shape index (κ1) is 14.2. The van der Waals surface area contributed by atoms with E-state index in [-0.39, 0.29) is 11.4 Å². The Kier molecular flexibility index (Phi) is 4.35. The summed E-state index contributed by atoms with van der Waals surface area (Å²) in [5.41, 5.74) is 0.827. The summed E-state index contributed by atoms with van der Waals surface area (Å²) in [5, 5.41) is 3.71. The van der Waals surface area contributed by atoms with E-state index in [1.54, 1.807) is 19.3 Å². The van der Waals surface area contributed by atoms with Crippen LogP contribution in [0.25, 0.3) is 0 Å². The zero-order chi connectivity index (χ0) is 13.9. The van der Waals surface area contributed by atoms with E-state index in [9.17, 15) is 8.42 Å². The summed E-state index contributed by atoms with van der Waals surface area (Å²) in [6, 6.07) is 1.62. The molecule has 2 aromatic rings. The molecule has 0 aromatic carbocycles. The van der Waals surface area contributed by atoms with Gasteiger partial charge in [-0.1, -0.05) is 0 Å². The third-order valence-electron chi connectivity index (χ3n) is 2.48. The molecule has 19 heavy (non-hydrogen) atoms. The Morgan fingerprint density at radius 1 is 1.42 bits per heavy atom. The topological polar surface area (TPSA) is 86.9 Å². The highest BCUT2D eigenvalue weighted by molar-refractivity contribution is 7.89. The Balaban J connectivity index is 2.04. The van der Waals surface area contributed by atoms with E-state index in [1.165, 1.54) is 17.5 Å². The van der Waals surface area contributed by atoms with Gasteiger partial charge in [-0.05, 0) is 20.0 Å². The molecule has 0 bridgehead atoms. The van der Waals surface area contributed by atoms with Gasteiger partial charge >= 0.3 is 0 Å². The van der Waals surface area contributed by atoms with Gasteiger partial charge in [0.05, 0.1) is 11.4 Å². The first-order valence-corrected chi connectivity index (χ1v) is 8.04. The summed E-state index contributed by atoms with van der Waals surface area (Å²) in [6.07, 6.45) is 3.22. The summed E-state index contributed by atoms with van der Waals surface area (Å²) in [4.78, 5) is 8.35. The van der Waals surface area contributed by atoms with Crippen molar-refractivity contribution >= 4 is 21.4 Å². The number of hydrogen-bond acceptors (Lipinski definition) is 5. The highest BCUT2D eigenvalue weighted by atomic mass is 32.2. The van der Waals surface area contributed by atoms with Crippen molar-refractivity contribution in [2.45, 2.75) is 24.9 Å². The number of sulfonamides is 1. The van der Waals surface area contributed by atoms with E-state index in [1.807, 2.05) is 6.92 Å². The van der Waals surface area contributed by atoms with E-state index >= 15 is 0 Å². The number of H-pyrrole nitrogens is 1. The predicted octanol–water partition coefficient (Wildman–Crippen LogP) is 0.978. The number of nitrogens with zero attached hydrogens (tertiary/aromatic N) is 1. The van der Waals surface area contributed by atoms with Gasteiger partial charge in [0.15, 0.2) is 0 Å². The molecule has 104 valence electrons. The predicted molar refractivity (Wildman–Crippen MR) is 74.4 cm³/mol. The molecule has 3 N–H and O–H groups in total. The maximum atomic E-state index is 12.1. The van der Waals surface area contributed by atoms with Gasteiger partial charge < -0.3 is 10.3 Å². The van der Waals surface area contributed by atoms with Gasteiger partial charge in [-0.2, -0.15) is 0 Å². The average molecular weight is 300 g/mol. The van der Waals surface area contributed by atoms with E-state index in [2.05, 4.69) is 20.0 Å². The average Bonchev–Trinajstić information content (AvgIpc) is 2.97. The fraction of sp³-hybridized carbons (Fsp3) is 0.364. The SMILES string of the molecule is CNCc1cc(S(=O)(=O)NCc2ncc(C)s2)c[nH]1. The van der Waals surface area contributed by atoms with Crippen LogP contribution in [0, 0.1) is 6.92 Å². The lowest BCUT2D eigenvalue weighted by Crippen LogP contribution is -2.22. The van der Waals surface area contributed by atoms with Crippen LogP contribution in [-0.4, -0.2) is 25.4 Å². The van der Waals surface area contributed by atoms with Crippen LogP contribution in [0.5, 0.6) is 0 Å². The normalized spacial score (nSPS) is 11.9. The summed E-state index contributed by atoms with van der Waals surface area (Å²) in [6.45, 7) is 2.75. The van der Waals surface area contributed by atoms with Crippen LogP contribution in [0.2, 0.25) is 0 Å². The van der Waals surface area contributed by atoms with E-state index in [0.717, 1.165) is 15.6 Å². The van der Waals surface area contributed by atoms with Gasteiger partial charge in [0.1, 0.15) is 5.01 Å². The summed E-state index contributed by atoms with van der Waals surface area (Å²) >= 11 is 1.48. The van der Waals surface area contributed by atoms with Crippen molar-refractivity contribution in [3.8, 4) is 0 Å². The fourth-order valence-electron chi connectivity index (χ4n) is 1.59. The molecular weight excluding hydrogens is 284 g/mol. The van der Waals surface area contributed by atoms with Gasteiger partial charge in [0.25, 0.3) is 0 Å². The van der Waals surface area contributed by atoms with Crippen LogP contribution in [0.4, 0.5) is 0 Å². The van der Waals surface area contributed by atoms with Crippen molar-refractivity contribution in [2.24, 2.45) is 0 Å². The molecule has 2 heterocycles. The smallest absolute Gasteiger partial charge is 0.242 e. The molecule has 0 spiro atoms. The third-order valence-corrected chi connectivity index (χ3v) is 4.77. The minimum absolute atomic E-state index is 0.216. The summed E-state index contributed by atoms with van der Waals surface area (Å²) in [5.74, 6) is 0. The van der Waals surface area contributed by atoms with Crippen molar-refractivity contribution in [1.29, 1.82) is 0 Å². The molecule has 2 rings (SSSR count). The zero-order valence-electron chi connectivity index (χ0n) is 10.7. The van der Waals surface area contributed by atoms with Crippen molar-refractivity contribution < 1.29 is 8.42 Å². The molecule has 2 aromatic heterocycles. The van der Waals surface area contributed by atoms with Crippen LogP contribution in [-0.2, 0) is 23.1 Å². The monoisotopic (exact) mass is 300 g/mol. The Morgan fingerprint density at radius 3 is 2.84 bits per heavy atom. The first-order valence-electron chi connectivity index (χ1n) is 5.74. The zero-order valence-corrected chi connectivity index (χ0v) is 12.4. The molecule has 0 radical (unpaired) electrons. The minimum atomic E-state index is -3.49. The second kappa shape index (κ2) is 5.83. The fourth-order valence-corrected chi connectivity index (χ4v) is 3.41. The van der Waals surface area contributed by atoms with E-state index < -0.39 is 10.0 Å². The molecule has 0 unspecified atom stereocenters. The molecule has 0 aliphatic rings. The lowest BCUT2D eigenvalue weighted by Gasteiger charge is -2.02. The first-order chi connectivity index (χ1) is 9.01. The number of nitrogens with one attached hydrogen (secondary N) is 3. The number of hydrogen-bond donors (Lipinski definition) is 3. The van der Waals surface area contributed by atoms with Crippen molar-refractivity contribution in [3.63, 3.8) is 0 Å². The third kappa shape index (κ3) is 3.63. The molecule has 8 heteroatoms.